The summed E-state index contributed by atoms with van der Waals surface area (Å²) in [7, 11) is 3.58. The Bertz CT molecular complexity index is 1510. The molecular weight excluding hydrogens is 406 g/mol. The Morgan fingerprint density at radius 2 is 1.88 bits per heavy atom. The molecular formula is C25H21N3O4. The summed E-state index contributed by atoms with van der Waals surface area (Å²) in [6, 6.07) is 16.7. The van der Waals surface area contributed by atoms with Gasteiger partial charge in [-0.05, 0) is 37.3 Å². The number of aromatic nitrogens is 3. The number of aromatic amines is 1. The minimum atomic E-state index is -0.509. The summed E-state index contributed by atoms with van der Waals surface area (Å²) in [5, 5.41) is 11.5. The summed E-state index contributed by atoms with van der Waals surface area (Å²) in [5.74, 6) is 1.30. The van der Waals surface area contributed by atoms with Crippen molar-refractivity contribution in [3.63, 3.8) is 0 Å². The highest BCUT2D eigenvalue weighted by Crippen LogP contribution is 2.38. The van der Waals surface area contributed by atoms with E-state index in [1.165, 1.54) is 6.07 Å². The Morgan fingerprint density at radius 3 is 2.62 bits per heavy atom. The number of nitrogens with one attached hydrogen (secondary N) is 1. The number of hydrogen-bond donors (Lipinski definition) is 2. The lowest BCUT2D eigenvalue weighted by atomic mass is 10.1. The molecule has 0 radical (unpaired) electrons. The van der Waals surface area contributed by atoms with Crippen molar-refractivity contribution in [3.05, 3.63) is 76.8 Å². The quantitative estimate of drug-likeness (QED) is 0.426. The molecule has 0 spiro atoms. The van der Waals surface area contributed by atoms with Gasteiger partial charge in [-0.25, -0.2) is 4.98 Å². The zero-order valence-corrected chi connectivity index (χ0v) is 17.8. The molecule has 0 atom stereocenters. The number of fused-ring (bicyclic) bond motifs is 1. The first-order valence-corrected chi connectivity index (χ1v) is 10.1. The van der Waals surface area contributed by atoms with Crippen LogP contribution in [0.2, 0.25) is 0 Å². The highest BCUT2D eigenvalue weighted by atomic mass is 16.5. The van der Waals surface area contributed by atoms with E-state index in [9.17, 15) is 9.90 Å². The van der Waals surface area contributed by atoms with E-state index in [2.05, 4.69) is 4.98 Å². The molecule has 0 aliphatic rings. The monoisotopic (exact) mass is 427 g/mol. The van der Waals surface area contributed by atoms with Crippen LogP contribution in [0.3, 0.4) is 0 Å². The van der Waals surface area contributed by atoms with Crippen molar-refractivity contribution in [1.29, 1.82) is 0 Å². The first-order valence-electron chi connectivity index (χ1n) is 10.1. The van der Waals surface area contributed by atoms with Crippen LogP contribution in [0.5, 0.6) is 11.5 Å². The average molecular weight is 427 g/mol. The van der Waals surface area contributed by atoms with Crippen LogP contribution in [0, 0.1) is 6.92 Å². The number of imidazole rings is 1. The maximum Gasteiger partial charge on any atom is 0.227 e. The van der Waals surface area contributed by atoms with E-state index in [0.717, 1.165) is 22.0 Å². The molecule has 3 heterocycles. The lowest BCUT2D eigenvalue weighted by Crippen LogP contribution is -2.01. The van der Waals surface area contributed by atoms with Gasteiger partial charge in [0.05, 0.1) is 7.11 Å². The molecule has 7 nitrogen and oxygen atoms in total. The fraction of sp³-hybridized carbons (Fsp3) is 0.120. The Morgan fingerprint density at radius 1 is 1.12 bits per heavy atom. The summed E-state index contributed by atoms with van der Waals surface area (Å²) < 4.78 is 13.1. The SMILES string of the molecule is COc1ccc(-c2nc(-c3cn(C)c4ccccc34)[nH]c2-c2oc(C)cc(=O)c2O)cc1. The van der Waals surface area contributed by atoms with Crippen molar-refractivity contribution in [1.82, 2.24) is 14.5 Å². The van der Waals surface area contributed by atoms with E-state index in [1.54, 1.807) is 14.0 Å². The number of nitrogens with zero attached hydrogens (tertiary/aromatic N) is 2. The lowest BCUT2D eigenvalue weighted by molar-refractivity contribution is 0.415. The second-order valence-electron chi connectivity index (χ2n) is 7.61. The van der Waals surface area contributed by atoms with E-state index in [0.29, 0.717) is 28.7 Å². The van der Waals surface area contributed by atoms with Crippen LogP contribution in [0.25, 0.3) is 45.0 Å². The summed E-state index contributed by atoms with van der Waals surface area (Å²) in [6.45, 7) is 1.67. The Kier molecular flexibility index (Phi) is 4.59. The van der Waals surface area contributed by atoms with Gasteiger partial charge in [0.2, 0.25) is 11.2 Å². The molecule has 5 aromatic rings. The predicted octanol–water partition coefficient (Wildman–Crippen LogP) is 4.88. The van der Waals surface area contributed by atoms with Crippen LogP contribution >= 0.6 is 0 Å². The van der Waals surface area contributed by atoms with Crippen LogP contribution < -0.4 is 10.2 Å². The van der Waals surface area contributed by atoms with Crippen molar-refractivity contribution >= 4 is 10.9 Å². The average Bonchev–Trinajstić information content (AvgIpc) is 3.38. The summed E-state index contributed by atoms with van der Waals surface area (Å²) in [4.78, 5) is 20.4. The van der Waals surface area contributed by atoms with Gasteiger partial charge >= 0.3 is 0 Å². The number of rotatable bonds is 4. The van der Waals surface area contributed by atoms with Crippen LogP contribution in [-0.4, -0.2) is 26.8 Å². The molecule has 7 heteroatoms. The van der Waals surface area contributed by atoms with E-state index in [1.807, 2.05) is 66.3 Å². The fourth-order valence-corrected chi connectivity index (χ4v) is 3.93. The molecule has 2 N–H and O–H groups in total. The van der Waals surface area contributed by atoms with Crippen molar-refractivity contribution in [2.45, 2.75) is 6.92 Å². The Balaban J connectivity index is 1.78. The highest BCUT2D eigenvalue weighted by Gasteiger charge is 2.23. The van der Waals surface area contributed by atoms with Gasteiger partial charge in [0, 0.05) is 41.3 Å². The van der Waals surface area contributed by atoms with Crippen molar-refractivity contribution in [3.8, 4) is 45.6 Å². The largest absolute Gasteiger partial charge is 0.501 e. The molecule has 160 valence electrons. The molecule has 32 heavy (non-hydrogen) atoms. The zero-order chi connectivity index (χ0) is 22.4. The van der Waals surface area contributed by atoms with Crippen LogP contribution in [-0.2, 0) is 7.05 Å². The maximum atomic E-state index is 12.3. The van der Waals surface area contributed by atoms with Gasteiger partial charge in [0.15, 0.2) is 5.76 Å². The normalized spacial score (nSPS) is 11.2. The summed E-state index contributed by atoms with van der Waals surface area (Å²) >= 11 is 0. The molecule has 0 unspecified atom stereocenters. The Labute approximate surface area is 183 Å². The smallest absolute Gasteiger partial charge is 0.227 e. The van der Waals surface area contributed by atoms with Gasteiger partial charge < -0.3 is 23.8 Å². The van der Waals surface area contributed by atoms with E-state index in [4.69, 9.17) is 14.1 Å². The number of H-pyrrole nitrogens is 1. The van der Waals surface area contributed by atoms with Gasteiger partial charge in [-0.1, -0.05) is 18.2 Å². The van der Waals surface area contributed by atoms with Crippen LogP contribution in [0.4, 0.5) is 0 Å². The summed E-state index contributed by atoms with van der Waals surface area (Å²) in [5.41, 5.74) is 3.23. The Hall–Kier alpha value is -4.26. The third-order valence-corrected chi connectivity index (χ3v) is 5.49. The number of methoxy groups -OCH3 is 1. The minimum absolute atomic E-state index is 0.0554. The first kappa shape index (κ1) is 19.7. The fourth-order valence-electron chi connectivity index (χ4n) is 3.93. The molecule has 0 amide bonds. The lowest BCUT2D eigenvalue weighted by Gasteiger charge is -2.06. The van der Waals surface area contributed by atoms with Gasteiger partial charge in [-0.3, -0.25) is 4.79 Å². The number of benzene rings is 2. The topological polar surface area (TPSA) is 93.3 Å². The van der Waals surface area contributed by atoms with Crippen LogP contribution in [0.15, 0.2) is 70.0 Å². The number of aryl methyl sites for hydroxylation is 2. The van der Waals surface area contributed by atoms with Crippen molar-refractivity contribution in [2.75, 3.05) is 7.11 Å². The molecule has 0 aliphatic heterocycles. The third kappa shape index (κ3) is 3.15. The number of ether oxygens (including phenoxy) is 1. The van der Waals surface area contributed by atoms with Gasteiger partial charge in [-0.15, -0.1) is 0 Å². The summed E-state index contributed by atoms with van der Waals surface area (Å²) in [6.07, 6.45) is 2.00. The number of aromatic hydroxyl groups is 1. The second kappa shape index (κ2) is 7.46. The van der Waals surface area contributed by atoms with E-state index in [-0.39, 0.29) is 5.76 Å². The molecule has 0 saturated heterocycles. The highest BCUT2D eigenvalue weighted by molar-refractivity contribution is 5.95. The van der Waals surface area contributed by atoms with Gasteiger partial charge in [0.1, 0.15) is 28.7 Å². The minimum Gasteiger partial charge on any atom is -0.501 e. The molecule has 3 aromatic heterocycles. The molecule has 0 saturated carbocycles. The molecule has 0 bridgehead atoms. The third-order valence-electron chi connectivity index (χ3n) is 5.49. The molecule has 0 fully saturated rings. The standard InChI is InChI=1S/C25H21N3O4/c1-14-12-20(29)23(30)24(32-14)22-21(15-8-10-16(31-3)11-9-15)26-25(27-22)18-13-28(2)19-7-5-4-6-17(18)19/h4-13,30H,1-3H3,(H,26,27). The van der Waals surface area contributed by atoms with Gasteiger partial charge in [-0.2, -0.15) is 0 Å². The molecule has 0 aliphatic carbocycles. The second-order valence-corrected chi connectivity index (χ2v) is 7.61. The number of para-hydroxylation sites is 1. The van der Waals surface area contributed by atoms with E-state index < -0.39 is 11.2 Å². The molecule has 5 rings (SSSR count). The maximum absolute atomic E-state index is 12.3. The zero-order valence-electron chi connectivity index (χ0n) is 17.8. The predicted molar refractivity (Wildman–Crippen MR) is 123 cm³/mol. The van der Waals surface area contributed by atoms with Crippen LogP contribution in [0.1, 0.15) is 5.76 Å². The molecule has 2 aromatic carbocycles. The van der Waals surface area contributed by atoms with Crippen molar-refractivity contribution < 1.29 is 14.3 Å². The van der Waals surface area contributed by atoms with E-state index >= 15 is 0 Å². The van der Waals surface area contributed by atoms with Crippen molar-refractivity contribution in [2.24, 2.45) is 7.05 Å². The van der Waals surface area contributed by atoms with Gasteiger partial charge in [0.25, 0.3) is 0 Å². The first-order chi connectivity index (χ1) is 15.5. The number of hydrogen-bond acceptors (Lipinski definition) is 5.